The standard InChI is InChI=1S/C48H33N3S/c1-2-14-34(15-3-1)50(35-16-11-25-49-30-35)43-20-7-4-17-36(43)33-13-10-12-31(26-33)32-23-24-45-39(27-32)37-18-5-8-21-44(37)51(45)46-29-42-38-19-6-9-22-47(38)52-48(42)41-28-40(41)46/h1-30,38,40,47H/t38?,40-,47?/m1/s1. The van der Waals surface area contributed by atoms with Gasteiger partial charge in [-0.1, -0.05) is 109 Å². The summed E-state index contributed by atoms with van der Waals surface area (Å²) in [5.41, 5.74) is 14.9. The van der Waals surface area contributed by atoms with Crippen molar-refractivity contribution in [2.75, 3.05) is 4.90 Å². The van der Waals surface area contributed by atoms with Crippen molar-refractivity contribution in [2.24, 2.45) is 11.8 Å². The van der Waals surface area contributed by atoms with Gasteiger partial charge in [-0.2, -0.15) is 0 Å². The van der Waals surface area contributed by atoms with Crippen LogP contribution in [0.15, 0.2) is 198 Å². The topological polar surface area (TPSA) is 21.1 Å². The molecule has 0 bridgehead atoms. The molecule has 0 amide bonds. The lowest BCUT2D eigenvalue weighted by atomic mass is 9.88. The number of allylic oxidation sites excluding steroid dienone is 8. The second-order valence-corrected chi connectivity index (χ2v) is 15.1. The lowest BCUT2D eigenvalue weighted by Gasteiger charge is -2.27. The van der Waals surface area contributed by atoms with E-state index in [1.165, 1.54) is 60.2 Å². The molecule has 3 atom stereocenters. The molecule has 2 unspecified atom stereocenters. The van der Waals surface area contributed by atoms with Gasteiger partial charge < -0.3 is 9.47 Å². The summed E-state index contributed by atoms with van der Waals surface area (Å²) in [6, 6.07) is 48.3. The maximum atomic E-state index is 4.47. The minimum absolute atomic E-state index is 0.386. The Kier molecular flexibility index (Phi) is 6.68. The average Bonchev–Trinajstić information content (AvgIpc) is 3.84. The van der Waals surface area contributed by atoms with Crippen molar-refractivity contribution in [3.63, 3.8) is 0 Å². The molecular weight excluding hydrogens is 651 g/mol. The van der Waals surface area contributed by atoms with Gasteiger partial charge in [0.25, 0.3) is 0 Å². The summed E-state index contributed by atoms with van der Waals surface area (Å²) in [4.78, 5) is 8.27. The van der Waals surface area contributed by atoms with E-state index >= 15 is 0 Å². The summed E-state index contributed by atoms with van der Waals surface area (Å²) in [7, 11) is 0. The van der Waals surface area contributed by atoms with Gasteiger partial charge in [-0.15, -0.1) is 11.8 Å². The van der Waals surface area contributed by atoms with Crippen molar-refractivity contribution in [1.29, 1.82) is 0 Å². The quantitative estimate of drug-likeness (QED) is 0.174. The fourth-order valence-corrected chi connectivity index (χ4v) is 9.97. The number of aromatic nitrogens is 2. The number of fused-ring (bicyclic) bond motifs is 7. The number of nitrogens with zero attached hydrogens (tertiary/aromatic N) is 3. The van der Waals surface area contributed by atoms with Gasteiger partial charge in [0, 0.05) is 55.9 Å². The van der Waals surface area contributed by atoms with E-state index in [0.29, 0.717) is 17.1 Å². The zero-order valence-corrected chi connectivity index (χ0v) is 29.1. The second-order valence-electron chi connectivity index (χ2n) is 13.9. The number of hydrogen-bond acceptors (Lipinski definition) is 3. The van der Waals surface area contributed by atoms with Crippen LogP contribution < -0.4 is 4.90 Å². The third-order valence-electron chi connectivity index (χ3n) is 10.9. The average molecular weight is 684 g/mol. The van der Waals surface area contributed by atoms with Crippen LogP contribution in [0.2, 0.25) is 0 Å². The Hall–Kier alpha value is -6.10. The van der Waals surface area contributed by atoms with E-state index in [1.54, 1.807) is 0 Å². The van der Waals surface area contributed by atoms with Crippen molar-refractivity contribution in [3.05, 3.63) is 198 Å². The minimum atomic E-state index is 0.386. The van der Waals surface area contributed by atoms with Gasteiger partial charge >= 0.3 is 0 Å². The summed E-state index contributed by atoms with van der Waals surface area (Å²) < 4.78 is 2.54. The lowest BCUT2D eigenvalue weighted by Crippen LogP contribution is -2.13. The van der Waals surface area contributed by atoms with E-state index < -0.39 is 0 Å². The molecule has 1 aliphatic heterocycles. The zero-order valence-electron chi connectivity index (χ0n) is 28.3. The first kappa shape index (κ1) is 29.6. The van der Waals surface area contributed by atoms with Gasteiger partial charge in [0.2, 0.25) is 0 Å². The maximum absolute atomic E-state index is 4.47. The van der Waals surface area contributed by atoms with E-state index in [-0.39, 0.29) is 0 Å². The Morgan fingerprint density at radius 3 is 2.35 bits per heavy atom. The fraction of sp³-hybridized carbons (Fsp3) is 0.0625. The number of hydrogen-bond donors (Lipinski definition) is 0. The summed E-state index contributed by atoms with van der Waals surface area (Å²) in [6.45, 7) is 0. The van der Waals surface area contributed by atoms with Gasteiger partial charge in [-0.3, -0.25) is 4.98 Å². The molecule has 7 aromatic rings. The Labute approximate surface area is 307 Å². The summed E-state index contributed by atoms with van der Waals surface area (Å²) in [5, 5.41) is 3.08. The predicted octanol–water partition coefficient (Wildman–Crippen LogP) is 12.5. The molecule has 4 aliphatic rings. The number of anilines is 3. The van der Waals surface area contributed by atoms with Gasteiger partial charge in [-0.25, -0.2) is 0 Å². The van der Waals surface area contributed by atoms with Crippen LogP contribution in [0.5, 0.6) is 0 Å². The highest BCUT2D eigenvalue weighted by Gasteiger charge is 2.44. The van der Waals surface area contributed by atoms with Crippen molar-refractivity contribution >= 4 is 56.3 Å². The van der Waals surface area contributed by atoms with E-state index in [9.17, 15) is 0 Å². The minimum Gasteiger partial charge on any atom is -0.312 e. The zero-order chi connectivity index (χ0) is 34.2. The van der Waals surface area contributed by atoms with Gasteiger partial charge in [0.1, 0.15) is 0 Å². The maximum Gasteiger partial charge on any atom is 0.0645 e. The van der Waals surface area contributed by atoms with E-state index in [2.05, 4.69) is 178 Å². The van der Waals surface area contributed by atoms with E-state index in [4.69, 9.17) is 0 Å². The Morgan fingerprint density at radius 1 is 0.635 bits per heavy atom. The molecule has 3 aliphatic carbocycles. The molecule has 5 aromatic carbocycles. The molecule has 3 nitrogen and oxygen atoms in total. The monoisotopic (exact) mass is 683 g/mol. The molecule has 246 valence electrons. The van der Waals surface area contributed by atoms with Crippen molar-refractivity contribution in [3.8, 4) is 22.3 Å². The Balaban J connectivity index is 1.02. The third-order valence-corrected chi connectivity index (χ3v) is 12.3. The van der Waals surface area contributed by atoms with Gasteiger partial charge in [0.15, 0.2) is 0 Å². The summed E-state index contributed by atoms with van der Waals surface area (Å²) in [5.74, 6) is 0.834. The number of para-hydroxylation sites is 3. The van der Waals surface area contributed by atoms with Crippen LogP contribution >= 0.6 is 11.8 Å². The molecule has 0 saturated heterocycles. The Bertz CT molecular complexity index is 2690. The first-order valence-electron chi connectivity index (χ1n) is 18.0. The highest BCUT2D eigenvalue weighted by atomic mass is 32.2. The summed E-state index contributed by atoms with van der Waals surface area (Å²) in [6.07, 6.45) is 17.9. The largest absolute Gasteiger partial charge is 0.312 e. The molecule has 11 rings (SSSR count). The molecule has 0 radical (unpaired) electrons. The molecular formula is C48H33N3S. The van der Waals surface area contributed by atoms with Crippen LogP contribution in [0.25, 0.3) is 49.8 Å². The first-order chi connectivity index (χ1) is 25.8. The van der Waals surface area contributed by atoms with Crippen LogP contribution in [0.1, 0.15) is 0 Å². The fourth-order valence-electron chi connectivity index (χ4n) is 8.48. The van der Waals surface area contributed by atoms with Crippen LogP contribution in [-0.2, 0) is 0 Å². The lowest BCUT2D eigenvalue weighted by molar-refractivity contribution is 0.813. The van der Waals surface area contributed by atoms with Crippen molar-refractivity contribution in [2.45, 2.75) is 5.25 Å². The second kappa shape index (κ2) is 11.7. The summed E-state index contributed by atoms with van der Waals surface area (Å²) >= 11 is 2.05. The van der Waals surface area contributed by atoms with E-state index in [1.807, 2.05) is 30.2 Å². The van der Waals surface area contributed by atoms with Gasteiger partial charge in [-0.05, 0) is 88.5 Å². The molecule has 0 fully saturated rings. The molecule has 0 saturated carbocycles. The van der Waals surface area contributed by atoms with E-state index in [0.717, 1.165) is 22.6 Å². The smallest absolute Gasteiger partial charge is 0.0645 e. The van der Waals surface area contributed by atoms with Crippen molar-refractivity contribution in [1.82, 2.24) is 9.55 Å². The molecule has 4 heteroatoms. The van der Waals surface area contributed by atoms with Crippen LogP contribution in [-0.4, -0.2) is 14.8 Å². The Morgan fingerprint density at radius 2 is 1.42 bits per heavy atom. The number of rotatable bonds is 6. The van der Waals surface area contributed by atoms with Crippen LogP contribution in [0, 0.1) is 11.8 Å². The molecule has 52 heavy (non-hydrogen) atoms. The molecule has 3 heterocycles. The molecule has 0 N–H and O–H groups in total. The van der Waals surface area contributed by atoms with Crippen LogP contribution in [0.4, 0.5) is 17.1 Å². The number of benzene rings is 5. The first-order valence-corrected chi connectivity index (χ1v) is 18.9. The van der Waals surface area contributed by atoms with Gasteiger partial charge in [0.05, 0.1) is 28.6 Å². The predicted molar refractivity (Wildman–Crippen MR) is 219 cm³/mol. The highest BCUT2D eigenvalue weighted by Crippen LogP contribution is 2.60. The number of thioether (sulfide) groups is 1. The third kappa shape index (κ3) is 4.64. The van der Waals surface area contributed by atoms with Crippen molar-refractivity contribution < 1.29 is 0 Å². The molecule has 0 spiro atoms. The normalized spacial score (nSPS) is 19.7. The SMILES string of the molecule is C1=CC2SC3=C(C=C(n4c5ccccc5c5cc(-c6cccc(-c7ccccc7N(c7ccccc7)c7cccnc7)c6)ccc54)[C@@H]4C=C34)C2C=C1. The highest BCUT2D eigenvalue weighted by molar-refractivity contribution is 8.04. The van der Waals surface area contributed by atoms with Crippen LogP contribution in [0.3, 0.4) is 0 Å². The number of pyridine rings is 1. The molecule has 2 aromatic heterocycles.